The Balaban J connectivity index is 2.01. The number of hydrogen-bond donors (Lipinski definition) is 1. The summed E-state index contributed by atoms with van der Waals surface area (Å²) < 4.78 is 7.57. The smallest absolute Gasteiger partial charge is 0.230 e. The molecule has 0 amide bonds. The van der Waals surface area contributed by atoms with Crippen molar-refractivity contribution in [2.45, 2.75) is 20.4 Å². The first-order valence-electron chi connectivity index (χ1n) is 8.39. The lowest BCUT2D eigenvalue weighted by Gasteiger charge is -2.11. The van der Waals surface area contributed by atoms with E-state index in [0.717, 1.165) is 22.7 Å². The first-order valence-corrected chi connectivity index (χ1v) is 8.39. The highest BCUT2D eigenvalue weighted by molar-refractivity contribution is 5.88. The highest BCUT2D eigenvalue weighted by Gasteiger charge is 2.14. The summed E-state index contributed by atoms with van der Waals surface area (Å²) in [6.45, 7) is 4.65. The van der Waals surface area contributed by atoms with Gasteiger partial charge in [0.2, 0.25) is 11.9 Å². The molecule has 0 atom stereocenters. The van der Waals surface area contributed by atoms with Crippen molar-refractivity contribution in [3.8, 4) is 6.07 Å². The minimum Gasteiger partial charge on any atom is -0.467 e. The van der Waals surface area contributed by atoms with Crippen LogP contribution in [-0.2, 0) is 6.54 Å². The zero-order valence-corrected chi connectivity index (χ0v) is 15.8. The molecule has 138 valence electrons. The minimum atomic E-state index is 0.0770. The highest BCUT2D eigenvalue weighted by atomic mass is 16.3. The molecule has 0 fully saturated rings. The summed E-state index contributed by atoms with van der Waals surface area (Å²) in [5.41, 5.74) is 9.11. The summed E-state index contributed by atoms with van der Waals surface area (Å²) in [6, 6.07) is 7.99. The number of nitrogens with zero attached hydrogens (tertiary/aromatic N) is 6. The van der Waals surface area contributed by atoms with Crippen LogP contribution in [0.5, 0.6) is 0 Å². The predicted octanol–water partition coefficient (Wildman–Crippen LogP) is 2.64. The Bertz CT molecular complexity index is 1020. The van der Waals surface area contributed by atoms with Crippen LogP contribution in [0.25, 0.3) is 11.6 Å². The summed E-state index contributed by atoms with van der Waals surface area (Å²) in [4.78, 5) is 14.2. The van der Waals surface area contributed by atoms with Gasteiger partial charge in [-0.05, 0) is 43.7 Å². The van der Waals surface area contributed by atoms with Gasteiger partial charge in [-0.1, -0.05) is 0 Å². The van der Waals surface area contributed by atoms with Crippen molar-refractivity contribution in [2.24, 2.45) is 0 Å². The van der Waals surface area contributed by atoms with E-state index >= 15 is 0 Å². The molecule has 27 heavy (non-hydrogen) atoms. The molecule has 3 heterocycles. The maximum atomic E-state index is 9.64. The number of allylic oxidation sites excluding steroid dienone is 1. The van der Waals surface area contributed by atoms with Crippen LogP contribution in [0.3, 0.4) is 0 Å². The summed E-state index contributed by atoms with van der Waals surface area (Å²) in [5.74, 6) is 1.60. The van der Waals surface area contributed by atoms with Crippen LogP contribution in [0, 0.1) is 25.2 Å². The number of anilines is 2. The summed E-state index contributed by atoms with van der Waals surface area (Å²) >= 11 is 0. The van der Waals surface area contributed by atoms with E-state index in [0.29, 0.717) is 18.1 Å². The summed E-state index contributed by atoms with van der Waals surface area (Å²) in [7, 11) is 3.60. The molecule has 8 heteroatoms. The van der Waals surface area contributed by atoms with E-state index in [1.165, 1.54) is 0 Å². The third kappa shape index (κ3) is 3.82. The van der Waals surface area contributed by atoms with Gasteiger partial charge in [0.05, 0.1) is 18.4 Å². The Morgan fingerprint density at radius 1 is 1.33 bits per heavy atom. The van der Waals surface area contributed by atoms with Gasteiger partial charge in [-0.15, -0.1) is 0 Å². The Morgan fingerprint density at radius 2 is 2.11 bits per heavy atom. The Hall–Kier alpha value is -3.60. The fraction of sp³-hybridized carbons (Fsp3) is 0.263. The fourth-order valence-corrected chi connectivity index (χ4v) is 2.78. The molecule has 3 rings (SSSR count). The molecule has 0 aliphatic rings. The van der Waals surface area contributed by atoms with Gasteiger partial charge in [0.15, 0.2) is 5.82 Å². The lowest BCUT2D eigenvalue weighted by molar-refractivity contribution is 0.489. The number of aryl methyl sites for hydroxylation is 1. The average Bonchev–Trinajstić information content (AvgIpc) is 3.23. The summed E-state index contributed by atoms with van der Waals surface area (Å²) in [6.07, 6.45) is 3.43. The van der Waals surface area contributed by atoms with Gasteiger partial charge >= 0.3 is 0 Å². The van der Waals surface area contributed by atoms with E-state index in [4.69, 9.17) is 10.2 Å². The van der Waals surface area contributed by atoms with E-state index in [9.17, 15) is 5.26 Å². The quantitative estimate of drug-likeness (QED) is 0.694. The molecule has 2 N–H and O–H groups in total. The van der Waals surface area contributed by atoms with Crippen molar-refractivity contribution < 1.29 is 4.42 Å². The fourth-order valence-electron chi connectivity index (χ4n) is 2.78. The zero-order chi connectivity index (χ0) is 19.6. The van der Waals surface area contributed by atoms with Gasteiger partial charge in [0, 0.05) is 25.5 Å². The van der Waals surface area contributed by atoms with Gasteiger partial charge in [-0.3, -0.25) is 0 Å². The topological polar surface area (TPSA) is 110 Å². The molecule has 8 nitrogen and oxygen atoms in total. The van der Waals surface area contributed by atoms with Gasteiger partial charge in [-0.25, -0.2) is 0 Å². The van der Waals surface area contributed by atoms with Gasteiger partial charge in [-0.2, -0.15) is 20.2 Å². The number of nitrogen functional groups attached to an aromatic ring is 1. The predicted molar refractivity (Wildman–Crippen MR) is 104 cm³/mol. The van der Waals surface area contributed by atoms with Gasteiger partial charge < -0.3 is 19.6 Å². The molecule has 0 saturated heterocycles. The average molecular weight is 363 g/mol. The largest absolute Gasteiger partial charge is 0.467 e. The molecular formula is C19H21N7O. The second-order valence-electron chi connectivity index (χ2n) is 6.37. The van der Waals surface area contributed by atoms with Crippen molar-refractivity contribution >= 4 is 23.5 Å². The van der Waals surface area contributed by atoms with Crippen molar-refractivity contribution in [1.29, 1.82) is 5.26 Å². The Morgan fingerprint density at radius 3 is 2.74 bits per heavy atom. The second kappa shape index (κ2) is 7.33. The normalized spacial score (nSPS) is 11.4. The molecule has 0 aliphatic carbocycles. The van der Waals surface area contributed by atoms with Crippen LogP contribution < -0.4 is 10.6 Å². The Labute approximate surface area is 157 Å². The van der Waals surface area contributed by atoms with Crippen LogP contribution in [0.15, 0.2) is 28.9 Å². The SMILES string of the molecule is Cc1cc(C=C(C#N)c2nc(N)nc(N(C)C)n2)c(C)n1Cc1ccco1. The number of nitriles is 1. The lowest BCUT2D eigenvalue weighted by atomic mass is 10.1. The van der Waals surface area contributed by atoms with Crippen molar-refractivity contribution in [1.82, 2.24) is 19.5 Å². The third-order valence-corrected chi connectivity index (χ3v) is 4.21. The molecule has 0 saturated carbocycles. The second-order valence-corrected chi connectivity index (χ2v) is 6.37. The molecular weight excluding hydrogens is 342 g/mol. The maximum Gasteiger partial charge on any atom is 0.230 e. The monoisotopic (exact) mass is 363 g/mol. The molecule has 0 aromatic carbocycles. The molecule has 0 unspecified atom stereocenters. The molecule has 3 aromatic rings. The first kappa shape index (κ1) is 18.2. The third-order valence-electron chi connectivity index (χ3n) is 4.21. The van der Waals surface area contributed by atoms with E-state index in [1.807, 2.05) is 32.0 Å². The van der Waals surface area contributed by atoms with Crippen LogP contribution in [-0.4, -0.2) is 33.6 Å². The lowest BCUT2D eigenvalue weighted by Crippen LogP contribution is -2.15. The van der Waals surface area contributed by atoms with Crippen LogP contribution in [0.1, 0.15) is 28.5 Å². The number of rotatable bonds is 5. The van der Waals surface area contributed by atoms with Crippen LogP contribution in [0.4, 0.5) is 11.9 Å². The van der Waals surface area contributed by atoms with Gasteiger partial charge in [0.1, 0.15) is 11.8 Å². The molecule has 0 spiro atoms. The van der Waals surface area contributed by atoms with Crippen LogP contribution >= 0.6 is 0 Å². The first-order chi connectivity index (χ1) is 12.9. The molecule has 0 radical (unpaired) electrons. The molecule has 0 bridgehead atoms. The van der Waals surface area contributed by atoms with Crippen LogP contribution in [0.2, 0.25) is 0 Å². The Kier molecular flexibility index (Phi) is 4.94. The molecule has 3 aromatic heterocycles. The van der Waals surface area contributed by atoms with E-state index in [-0.39, 0.29) is 11.8 Å². The highest BCUT2D eigenvalue weighted by Crippen LogP contribution is 2.23. The van der Waals surface area contributed by atoms with E-state index in [2.05, 4.69) is 25.6 Å². The number of aromatic nitrogens is 4. The van der Waals surface area contributed by atoms with E-state index < -0.39 is 0 Å². The minimum absolute atomic E-state index is 0.0770. The van der Waals surface area contributed by atoms with Crippen molar-refractivity contribution in [3.63, 3.8) is 0 Å². The number of nitrogens with two attached hydrogens (primary N) is 1. The molecule has 0 aliphatic heterocycles. The van der Waals surface area contributed by atoms with Gasteiger partial charge in [0.25, 0.3) is 0 Å². The maximum absolute atomic E-state index is 9.64. The number of furan rings is 1. The standard InChI is InChI=1S/C19H21N7O/c1-12-8-14(13(2)26(12)11-16-6-5-7-27-16)9-15(10-20)17-22-18(21)24-19(23-17)25(3)4/h5-9H,11H2,1-4H3,(H2,21,22,23,24). The summed E-state index contributed by atoms with van der Waals surface area (Å²) in [5, 5.41) is 9.64. The van der Waals surface area contributed by atoms with Crippen molar-refractivity contribution in [2.75, 3.05) is 24.7 Å². The zero-order valence-electron chi connectivity index (χ0n) is 15.8. The number of hydrogen-bond acceptors (Lipinski definition) is 7. The van der Waals surface area contributed by atoms with E-state index in [1.54, 1.807) is 31.3 Å². The van der Waals surface area contributed by atoms with Crippen molar-refractivity contribution in [3.05, 3.63) is 53.0 Å².